The third-order valence-electron chi connectivity index (χ3n) is 7.88. The first-order chi connectivity index (χ1) is 17.2. The van der Waals surface area contributed by atoms with Crippen LogP contribution in [0, 0.1) is 17.3 Å². The summed E-state index contributed by atoms with van der Waals surface area (Å²) in [6, 6.07) is 10.1. The van der Waals surface area contributed by atoms with Gasteiger partial charge in [0.25, 0.3) is 0 Å². The van der Waals surface area contributed by atoms with Gasteiger partial charge in [-0.3, -0.25) is 9.78 Å². The summed E-state index contributed by atoms with van der Waals surface area (Å²) < 4.78 is 5.53. The second-order valence-electron chi connectivity index (χ2n) is 11.2. The Hall–Kier alpha value is -2.93. The van der Waals surface area contributed by atoms with Crippen LogP contribution in [0.5, 0.6) is 5.75 Å². The van der Waals surface area contributed by atoms with Crippen molar-refractivity contribution in [2.45, 2.75) is 77.5 Å². The number of amides is 1. The summed E-state index contributed by atoms with van der Waals surface area (Å²) >= 11 is 0. The van der Waals surface area contributed by atoms with Gasteiger partial charge in [-0.1, -0.05) is 70.4 Å². The molecular weight excluding hydrogens is 454 g/mol. The minimum Gasteiger partial charge on any atom is -0.496 e. The number of aromatic nitrogens is 1. The molecule has 0 radical (unpaired) electrons. The van der Waals surface area contributed by atoms with E-state index in [1.165, 1.54) is 0 Å². The van der Waals surface area contributed by atoms with E-state index in [9.17, 15) is 14.7 Å². The second kappa shape index (κ2) is 11.0. The molecule has 1 aliphatic heterocycles. The number of nitrogens with zero attached hydrogens (tertiary/aromatic N) is 2. The average molecular weight is 494 g/mol. The molecule has 1 saturated carbocycles. The van der Waals surface area contributed by atoms with Crippen molar-refractivity contribution in [2.24, 2.45) is 17.3 Å². The van der Waals surface area contributed by atoms with Crippen LogP contribution in [0.15, 0.2) is 48.8 Å². The molecule has 1 aromatic heterocycles. The molecule has 194 valence electrons. The summed E-state index contributed by atoms with van der Waals surface area (Å²) in [5.74, 6) is -0.666. The first kappa shape index (κ1) is 26.1. The Kier molecular flexibility index (Phi) is 7.98. The van der Waals surface area contributed by atoms with Crippen LogP contribution in [0.2, 0.25) is 0 Å². The number of carbonyl (C=O) groups is 2. The highest BCUT2D eigenvalue weighted by molar-refractivity contribution is 5.87. The van der Waals surface area contributed by atoms with Gasteiger partial charge in [0.05, 0.1) is 13.2 Å². The molecule has 2 fully saturated rings. The van der Waals surface area contributed by atoms with Crippen molar-refractivity contribution in [1.82, 2.24) is 15.2 Å². The number of benzene rings is 1. The highest BCUT2D eigenvalue weighted by Gasteiger charge is 2.58. The Labute approximate surface area is 214 Å². The van der Waals surface area contributed by atoms with E-state index in [-0.39, 0.29) is 29.2 Å². The van der Waals surface area contributed by atoms with Crippen molar-refractivity contribution in [1.29, 1.82) is 0 Å². The van der Waals surface area contributed by atoms with Crippen molar-refractivity contribution >= 4 is 11.9 Å². The van der Waals surface area contributed by atoms with Gasteiger partial charge < -0.3 is 20.1 Å². The number of carboxylic acids is 1. The van der Waals surface area contributed by atoms with Gasteiger partial charge in [0, 0.05) is 42.4 Å². The normalized spacial score (nSPS) is 25.1. The van der Waals surface area contributed by atoms with Crippen LogP contribution in [0.3, 0.4) is 0 Å². The smallest absolute Gasteiger partial charge is 0.326 e. The van der Waals surface area contributed by atoms with Crippen LogP contribution in [0.1, 0.15) is 70.0 Å². The Balaban J connectivity index is 1.80. The lowest BCUT2D eigenvalue weighted by atomic mass is 9.72. The number of carboxylic acid groups (broad SMARTS) is 1. The number of carbonyl (C=O) groups excluding carboxylic acids is 1. The molecule has 2 N–H and O–H groups in total. The molecule has 2 aromatic rings. The molecule has 7 heteroatoms. The minimum absolute atomic E-state index is 0.0199. The predicted octanol–water partition coefficient (Wildman–Crippen LogP) is 4.83. The molecule has 0 bridgehead atoms. The van der Waals surface area contributed by atoms with Gasteiger partial charge in [-0.15, -0.1) is 0 Å². The fourth-order valence-electron chi connectivity index (χ4n) is 6.26. The number of nitrogens with one attached hydrogen (secondary N) is 1. The van der Waals surface area contributed by atoms with Gasteiger partial charge in [0.2, 0.25) is 5.91 Å². The maximum absolute atomic E-state index is 14.1. The molecular formula is C29H39N3O4. The molecule has 2 aliphatic rings. The van der Waals surface area contributed by atoms with Crippen molar-refractivity contribution < 1.29 is 19.4 Å². The summed E-state index contributed by atoms with van der Waals surface area (Å²) in [7, 11) is 1.63. The van der Waals surface area contributed by atoms with Crippen molar-refractivity contribution in [3.63, 3.8) is 0 Å². The Morgan fingerprint density at radius 1 is 1.11 bits per heavy atom. The van der Waals surface area contributed by atoms with Gasteiger partial charge in [-0.25, -0.2) is 4.79 Å². The molecule has 36 heavy (non-hydrogen) atoms. The molecule has 1 aromatic carbocycles. The Morgan fingerprint density at radius 2 is 1.81 bits per heavy atom. The number of ether oxygens (including phenoxy) is 1. The van der Waals surface area contributed by atoms with Crippen LogP contribution >= 0.6 is 0 Å². The molecule has 1 amide bonds. The highest BCUT2D eigenvalue weighted by Crippen LogP contribution is 2.49. The summed E-state index contributed by atoms with van der Waals surface area (Å²) in [6.07, 6.45) is 8.28. The Bertz CT molecular complexity index is 1050. The standard InChI is InChI=1S/C29H39N3O4/c1-29(2,3)23-24(31-18-21-17-30-16-15-22(21)36-4)25(19-11-7-5-8-12-19)32(26(23)28(34)35)27(33)20-13-9-6-10-14-20/h5,7-8,11-12,15-17,20,23-26,31H,6,9-10,13-14,18H2,1-4H3,(H,34,35). The van der Waals surface area contributed by atoms with Crippen molar-refractivity contribution in [3.8, 4) is 5.75 Å². The summed E-state index contributed by atoms with van der Waals surface area (Å²) in [6.45, 7) is 6.67. The van der Waals surface area contributed by atoms with Crippen molar-refractivity contribution in [2.75, 3.05) is 7.11 Å². The van der Waals surface area contributed by atoms with Gasteiger partial charge >= 0.3 is 5.97 Å². The first-order valence-corrected chi connectivity index (χ1v) is 13.0. The SMILES string of the molecule is COc1ccncc1CNC1C(c2ccccc2)N(C(=O)C2CCCCC2)C(C(=O)O)C1C(C)(C)C. The average Bonchev–Trinajstić information content (AvgIpc) is 3.24. The molecule has 4 rings (SSSR count). The molecule has 1 aliphatic carbocycles. The van der Waals surface area contributed by atoms with Gasteiger partial charge in [-0.05, 0) is 29.9 Å². The second-order valence-corrected chi connectivity index (χ2v) is 11.2. The van der Waals surface area contributed by atoms with Crippen LogP contribution in [0.4, 0.5) is 0 Å². The first-order valence-electron chi connectivity index (χ1n) is 13.0. The molecule has 7 nitrogen and oxygen atoms in total. The molecule has 4 atom stereocenters. The summed E-state index contributed by atoms with van der Waals surface area (Å²) in [5.41, 5.74) is 1.48. The predicted molar refractivity (Wildman–Crippen MR) is 138 cm³/mol. The molecule has 1 saturated heterocycles. The van der Waals surface area contributed by atoms with E-state index in [0.29, 0.717) is 6.54 Å². The monoisotopic (exact) mass is 493 g/mol. The van der Waals surface area contributed by atoms with E-state index in [2.05, 4.69) is 31.1 Å². The van der Waals surface area contributed by atoms with Crippen molar-refractivity contribution in [3.05, 3.63) is 59.9 Å². The van der Waals surface area contributed by atoms with Crippen LogP contribution in [-0.2, 0) is 16.1 Å². The fraction of sp³-hybridized carbons (Fsp3) is 0.552. The zero-order chi connectivity index (χ0) is 25.9. The van der Waals surface area contributed by atoms with E-state index in [1.54, 1.807) is 24.4 Å². The number of methoxy groups -OCH3 is 1. The largest absolute Gasteiger partial charge is 0.496 e. The van der Waals surface area contributed by atoms with Crippen LogP contribution in [0.25, 0.3) is 0 Å². The zero-order valence-electron chi connectivity index (χ0n) is 21.8. The minimum atomic E-state index is -0.941. The molecule has 2 heterocycles. The van der Waals surface area contributed by atoms with E-state index >= 15 is 0 Å². The maximum atomic E-state index is 14.1. The molecule has 0 spiro atoms. The van der Waals surface area contributed by atoms with E-state index < -0.39 is 18.1 Å². The van der Waals surface area contributed by atoms with Gasteiger partial charge in [0.1, 0.15) is 11.8 Å². The van der Waals surface area contributed by atoms with E-state index in [4.69, 9.17) is 4.74 Å². The fourth-order valence-corrected chi connectivity index (χ4v) is 6.26. The topological polar surface area (TPSA) is 91.8 Å². The quantitative estimate of drug-likeness (QED) is 0.574. The highest BCUT2D eigenvalue weighted by atomic mass is 16.5. The van der Waals surface area contributed by atoms with E-state index in [0.717, 1.165) is 49.0 Å². The summed E-state index contributed by atoms with van der Waals surface area (Å²) in [4.78, 5) is 33.0. The Morgan fingerprint density at radius 3 is 2.42 bits per heavy atom. The lowest BCUT2D eigenvalue weighted by Gasteiger charge is -2.36. The summed E-state index contributed by atoms with van der Waals surface area (Å²) in [5, 5.41) is 14.2. The number of hydrogen-bond acceptors (Lipinski definition) is 5. The number of hydrogen-bond donors (Lipinski definition) is 2. The lowest BCUT2D eigenvalue weighted by Crippen LogP contribution is -2.49. The van der Waals surface area contributed by atoms with Gasteiger partial charge in [0.15, 0.2) is 0 Å². The third-order valence-corrected chi connectivity index (χ3v) is 7.88. The van der Waals surface area contributed by atoms with Gasteiger partial charge in [-0.2, -0.15) is 0 Å². The van der Waals surface area contributed by atoms with Crippen LogP contribution in [-0.4, -0.2) is 46.1 Å². The van der Waals surface area contributed by atoms with E-state index in [1.807, 2.05) is 36.4 Å². The maximum Gasteiger partial charge on any atom is 0.326 e. The zero-order valence-corrected chi connectivity index (χ0v) is 21.8. The number of likely N-dealkylation sites (tertiary alicyclic amines) is 1. The number of pyridine rings is 1. The number of rotatable bonds is 7. The lowest BCUT2D eigenvalue weighted by molar-refractivity contribution is -0.154. The third kappa shape index (κ3) is 5.26. The molecule has 4 unspecified atom stereocenters. The number of aliphatic carboxylic acids is 1. The van der Waals surface area contributed by atoms with Crippen LogP contribution < -0.4 is 10.1 Å².